The summed E-state index contributed by atoms with van der Waals surface area (Å²) in [6.07, 6.45) is 3.57. The molecule has 0 bridgehead atoms. The fourth-order valence-electron chi connectivity index (χ4n) is 1.96. The van der Waals surface area contributed by atoms with E-state index in [4.69, 9.17) is 0 Å². The number of aromatic nitrogens is 2. The van der Waals surface area contributed by atoms with Crippen LogP contribution in [0.15, 0.2) is 6.20 Å². The zero-order valence-electron chi connectivity index (χ0n) is 12.4. The van der Waals surface area contributed by atoms with Gasteiger partial charge < -0.3 is 5.32 Å². The second kappa shape index (κ2) is 5.55. The molecule has 4 nitrogen and oxygen atoms in total. The lowest BCUT2D eigenvalue weighted by molar-refractivity contribution is 0.0942. The molecule has 1 aromatic heterocycles. The van der Waals surface area contributed by atoms with E-state index < -0.39 is 0 Å². The molecule has 1 rings (SSSR count). The highest BCUT2D eigenvalue weighted by Crippen LogP contribution is 2.20. The molecule has 0 unspecified atom stereocenters. The first-order valence-corrected chi connectivity index (χ1v) is 6.65. The molecule has 0 spiro atoms. The average Bonchev–Trinajstić information content (AvgIpc) is 2.60. The smallest absolute Gasteiger partial charge is 0.254 e. The summed E-state index contributed by atoms with van der Waals surface area (Å²) in [5, 5.41) is 7.32. The van der Waals surface area contributed by atoms with Crippen LogP contribution in [0.3, 0.4) is 0 Å². The number of amides is 1. The van der Waals surface area contributed by atoms with Gasteiger partial charge in [-0.25, -0.2) is 0 Å². The van der Waals surface area contributed by atoms with E-state index in [0.29, 0.717) is 5.56 Å². The molecule has 0 saturated heterocycles. The number of hydrogen-bond acceptors (Lipinski definition) is 2. The maximum Gasteiger partial charge on any atom is 0.254 e. The summed E-state index contributed by atoms with van der Waals surface area (Å²) in [4.78, 5) is 12.1. The van der Waals surface area contributed by atoms with Crippen LogP contribution in [0.4, 0.5) is 0 Å². The third kappa shape index (κ3) is 3.34. The van der Waals surface area contributed by atoms with Gasteiger partial charge in [0.2, 0.25) is 0 Å². The molecule has 4 heteroatoms. The summed E-state index contributed by atoms with van der Waals surface area (Å²) in [7, 11) is 0. The van der Waals surface area contributed by atoms with Crippen molar-refractivity contribution in [2.75, 3.05) is 0 Å². The predicted octanol–water partition coefficient (Wildman–Crippen LogP) is 2.73. The molecule has 0 aliphatic carbocycles. The van der Waals surface area contributed by atoms with E-state index in [2.05, 4.69) is 38.1 Å². The molecule has 1 aromatic rings. The molecule has 1 amide bonds. The highest BCUT2D eigenvalue weighted by atomic mass is 16.1. The predicted molar refractivity (Wildman–Crippen MR) is 73.8 cm³/mol. The van der Waals surface area contributed by atoms with E-state index in [-0.39, 0.29) is 17.5 Å². The van der Waals surface area contributed by atoms with Crippen LogP contribution in [0.25, 0.3) is 0 Å². The standard InChI is InChI=1S/C14H25N3O/c1-7-8-12-11(13(18)16-10(2)3)9-15-17(12)14(4,5)6/h9-10H,7-8H2,1-6H3,(H,16,18). The minimum Gasteiger partial charge on any atom is -0.350 e. The van der Waals surface area contributed by atoms with Crippen LogP contribution >= 0.6 is 0 Å². The first-order valence-electron chi connectivity index (χ1n) is 6.65. The van der Waals surface area contributed by atoms with Crippen LogP contribution in [0, 0.1) is 0 Å². The van der Waals surface area contributed by atoms with Crippen LogP contribution in [0.1, 0.15) is 64.0 Å². The van der Waals surface area contributed by atoms with Crippen LogP contribution in [-0.2, 0) is 12.0 Å². The zero-order valence-corrected chi connectivity index (χ0v) is 12.4. The molecule has 0 radical (unpaired) electrons. The molecule has 0 saturated carbocycles. The summed E-state index contributed by atoms with van der Waals surface area (Å²) < 4.78 is 1.96. The quantitative estimate of drug-likeness (QED) is 0.894. The summed E-state index contributed by atoms with van der Waals surface area (Å²) in [6.45, 7) is 12.3. The van der Waals surface area contributed by atoms with Crippen molar-refractivity contribution in [1.82, 2.24) is 15.1 Å². The molecule has 0 fully saturated rings. The fourth-order valence-corrected chi connectivity index (χ4v) is 1.96. The Morgan fingerprint density at radius 1 is 1.44 bits per heavy atom. The van der Waals surface area contributed by atoms with Crippen molar-refractivity contribution in [3.8, 4) is 0 Å². The van der Waals surface area contributed by atoms with Crippen LogP contribution in [0.5, 0.6) is 0 Å². The van der Waals surface area contributed by atoms with Crippen molar-refractivity contribution in [3.63, 3.8) is 0 Å². The number of hydrogen-bond donors (Lipinski definition) is 1. The minimum absolute atomic E-state index is 0.0241. The first-order chi connectivity index (χ1) is 8.27. The normalized spacial score (nSPS) is 11.9. The van der Waals surface area contributed by atoms with Crippen molar-refractivity contribution in [2.45, 2.75) is 66.0 Å². The van der Waals surface area contributed by atoms with Gasteiger partial charge in [0.05, 0.1) is 23.0 Å². The minimum atomic E-state index is -0.0964. The van der Waals surface area contributed by atoms with Gasteiger partial charge in [-0.3, -0.25) is 9.48 Å². The van der Waals surface area contributed by atoms with E-state index >= 15 is 0 Å². The number of carbonyl (C=O) groups is 1. The molecule has 0 atom stereocenters. The second-order valence-electron chi connectivity index (χ2n) is 5.97. The third-order valence-electron chi connectivity index (χ3n) is 2.66. The zero-order chi connectivity index (χ0) is 13.9. The van der Waals surface area contributed by atoms with Crippen molar-refractivity contribution < 1.29 is 4.79 Å². The molecule has 1 N–H and O–H groups in total. The lowest BCUT2D eigenvalue weighted by Crippen LogP contribution is -2.31. The van der Waals surface area contributed by atoms with E-state index in [1.54, 1.807) is 6.20 Å². The Bertz CT molecular complexity index is 413. The number of carbonyl (C=O) groups excluding carboxylic acids is 1. The van der Waals surface area contributed by atoms with Crippen LogP contribution in [0.2, 0.25) is 0 Å². The van der Waals surface area contributed by atoms with Crippen LogP contribution in [-0.4, -0.2) is 21.7 Å². The summed E-state index contributed by atoms with van der Waals surface area (Å²) in [6, 6.07) is 0.143. The topological polar surface area (TPSA) is 46.9 Å². The van der Waals surface area contributed by atoms with Gasteiger partial charge in [0.1, 0.15) is 0 Å². The van der Waals surface area contributed by atoms with Gasteiger partial charge in [0.25, 0.3) is 5.91 Å². The van der Waals surface area contributed by atoms with E-state index in [9.17, 15) is 4.79 Å². The Labute approximate surface area is 110 Å². The van der Waals surface area contributed by atoms with Gasteiger partial charge in [0, 0.05) is 6.04 Å². The van der Waals surface area contributed by atoms with Crippen molar-refractivity contribution in [2.24, 2.45) is 0 Å². The Balaban J connectivity index is 3.13. The fraction of sp³-hybridized carbons (Fsp3) is 0.714. The van der Waals surface area contributed by atoms with Gasteiger partial charge in [-0.05, 0) is 41.0 Å². The van der Waals surface area contributed by atoms with Gasteiger partial charge in [-0.15, -0.1) is 0 Å². The van der Waals surface area contributed by atoms with E-state index in [1.165, 1.54) is 0 Å². The number of nitrogens with one attached hydrogen (secondary N) is 1. The van der Waals surface area contributed by atoms with Gasteiger partial charge >= 0.3 is 0 Å². The monoisotopic (exact) mass is 251 g/mol. The number of nitrogens with zero attached hydrogens (tertiary/aromatic N) is 2. The SMILES string of the molecule is CCCc1c(C(=O)NC(C)C)cnn1C(C)(C)C. The second-order valence-corrected chi connectivity index (χ2v) is 5.97. The van der Waals surface area contributed by atoms with Crippen LogP contribution < -0.4 is 5.32 Å². The van der Waals surface area contributed by atoms with E-state index in [0.717, 1.165) is 18.5 Å². The van der Waals surface area contributed by atoms with Gasteiger partial charge in [-0.2, -0.15) is 5.10 Å². The van der Waals surface area contributed by atoms with E-state index in [1.807, 2.05) is 18.5 Å². The third-order valence-corrected chi connectivity index (χ3v) is 2.66. The molecule has 0 aliphatic rings. The largest absolute Gasteiger partial charge is 0.350 e. The summed E-state index contributed by atoms with van der Waals surface area (Å²) in [5.41, 5.74) is 1.64. The van der Waals surface area contributed by atoms with Gasteiger partial charge in [-0.1, -0.05) is 13.3 Å². The lowest BCUT2D eigenvalue weighted by atomic mass is 10.1. The Kier molecular flexibility index (Phi) is 4.54. The van der Waals surface area contributed by atoms with Crippen molar-refractivity contribution in [1.29, 1.82) is 0 Å². The molecule has 0 aromatic carbocycles. The molecular weight excluding hydrogens is 226 g/mol. The number of rotatable bonds is 4. The highest BCUT2D eigenvalue weighted by Gasteiger charge is 2.23. The summed E-state index contributed by atoms with van der Waals surface area (Å²) in [5.74, 6) is -0.0241. The molecule has 18 heavy (non-hydrogen) atoms. The van der Waals surface area contributed by atoms with Crippen molar-refractivity contribution in [3.05, 3.63) is 17.5 Å². The Hall–Kier alpha value is -1.32. The Morgan fingerprint density at radius 3 is 2.50 bits per heavy atom. The first kappa shape index (κ1) is 14.7. The van der Waals surface area contributed by atoms with Crippen molar-refractivity contribution >= 4 is 5.91 Å². The maximum atomic E-state index is 12.1. The molecule has 1 heterocycles. The summed E-state index contributed by atoms with van der Waals surface area (Å²) >= 11 is 0. The maximum absolute atomic E-state index is 12.1. The lowest BCUT2D eigenvalue weighted by Gasteiger charge is -2.23. The van der Waals surface area contributed by atoms with Gasteiger partial charge in [0.15, 0.2) is 0 Å². The molecule has 0 aliphatic heterocycles. The molecular formula is C14H25N3O. The average molecular weight is 251 g/mol. The Morgan fingerprint density at radius 2 is 2.06 bits per heavy atom. The highest BCUT2D eigenvalue weighted by molar-refractivity contribution is 5.95. The molecule has 102 valence electrons.